The molecular weight excluding hydrogens is 264 g/mol. The van der Waals surface area contributed by atoms with Crippen LogP contribution in [0.1, 0.15) is 12.0 Å². The van der Waals surface area contributed by atoms with E-state index in [4.69, 9.17) is 9.15 Å². The van der Waals surface area contributed by atoms with Gasteiger partial charge in [-0.2, -0.15) is 0 Å². The van der Waals surface area contributed by atoms with Gasteiger partial charge in [-0.3, -0.25) is 4.79 Å². The van der Waals surface area contributed by atoms with Crippen molar-refractivity contribution in [2.45, 2.75) is 12.8 Å². The Hall–Kier alpha value is -2.55. The normalized spacial score (nSPS) is 10.7. The fourth-order valence-corrected chi connectivity index (χ4v) is 2.50. The van der Waals surface area contributed by atoms with Crippen LogP contribution < -0.4 is 0 Å². The molecule has 3 nitrogen and oxygen atoms in total. The van der Waals surface area contributed by atoms with Crippen LogP contribution >= 0.6 is 0 Å². The van der Waals surface area contributed by atoms with Gasteiger partial charge in [0, 0.05) is 22.9 Å². The summed E-state index contributed by atoms with van der Waals surface area (Å²) in [4.78, 5) is 11.4. The number of esters is 1. The van der Waals surface area contributed by atoms with Crippen molar-refractivity contribution in [3.8, 4) is 11.3 Å². The van der Waals surface area contributed by atoms with Crippen molar-refractivity contribution in [2.24, 2.45) is 0 Å². The lowest BCUT2D eigenvalue weighted by Gasteiger charge is -2.03. The first-order chi connectivity index (χ1) is 10.3. The molecule has 3 aromatic rings. The molecule has 0 radical (unpaired) electrons. The highest BCUT2D eigenvalue weighted by molar-refractivity contribution is 5.88. The number of carbonyl (C=O) groups is 1. The van der Waals surface area contributed by atoms with Gasteiger partial charge in [-0.15, -0.1) is 0 Å². The minimum atomic E-state index is -0.209. The van der Waals surface area contributed by atoms with Crippen molar-refractivity contribution < 1.29 is 13.9 Å². The van der Waals surface area contributed by atoms with E-state index in [1.165, 1.54) is 7.11 Å². The summed E-state index contributed by atoms with van der Waals surface area (Å²) in [6, 6.07) is 17.9. The molecule has 0 atom stereocenters. The van der Waals surface area contributed by atoms with E-state index < -0.39 is 0 Å². The molecule has 3 heteroatoms. The molecule has 0 N–H and O–H groups in total. The Morgan fingerprint density at radius 3 is 2.52 bits per heavy atom. The molecule has 0 saturated carbocycles. The first-order valence-electron chi connectivity index (χ1n) is 6.92. The van der Waals surface area contributed by atoms with Gasteiger partial charge in [0.2, 0.25) is 0 Å². The number of carbonyl (C=O) groups excluding carboxylic acids is 1. The Kier molecular flexibility index (Phi) is 3.73. The molecule has 3 rings (SSSR count). The van der Waals surface area contributed by atoms with Gasteiger partial charge in [0.1, 0.15) is 11.3 Å². The first-order valence-corrected chi connectivity index (χ1v) is 6.92. The number of aryl methyl sites for hydroxylation is 1. The molecule has 2 aromatic carbocycles. The molecule has 0 amide bonds. The average Bonchev–Trinajstić information content (AvgIpc) is 2.92. The predicted molar refractivity (Wildman–Crippen MR) is 82.0 cm³/mol. The number of rotatable bonds is 4. The highest BCUT2D eigenvalue weighted by Crippen LogP contribution is 2.34. The van der Waals surface area contributed by atoms with E-state index in [0.29, 0.717) is 12.8 Å². The van der Waals surface area contributed by atoms with Gasteiger partial charge in [0.05, 0.1) is 7.11 Å². The number of fused-ring (bicyclic) bond motifs is 1. The molecule has 106 valence electrons. The molecule has 0 fully saturated rings. The highest BCUT2D eigenvalue weighted by Gasteiger charge is 2.16. The summed E-state index contributed by atoms with van der Waals surface area (Å²) in [6.45, 7) is 0. The third-order valence-corrected chi connectivity index (χ3v) is 3.54. The maximum absolute atomic E-state index is 11.4. The Bertz CT molecular complexity index is 756. The second kappa shape index (κ2) is 5.83. The van der Waals surface area contributed by atoms with Crippen LogP contribution in [0, 0.1) is 0 Å². The summed E-state index contributed by atoms with van der Waals surface area (Å²) in [5, 5.41) is 1.06. The molecule has 1 heterocycles. The summed E-state index contributed by atoms with van der Waals surface area (Å²) in [7, 11) is 1.41. The lowest BCUT2D eigenvalue weighted by atomic mass is 10.0. The molecule has 21 heavy (non-hydrogen) atoms. The summed E-state index contributed by atoms with van der Waals surface area (Å²) in [6.07, 6.45) is 0.952. The molecule has 0 unspecified atom stereocenters. The van der Waals surface area contributed by atoms with Crippen molar-refractivity contribution in [3.05, 3.63) is 60.2 Å². The van der Waals surface area contributed by atoms with Gasteiger partial charge in [0.25, 0.3) is 0 Å². The number of benzene rings is 2. The zero-order valence-electron chi connectivity index (χ0n) is 11.8. The molecule has 0 aliphatic rings. The molecular formula is C18H16O3. The van der Waals surface area contributed by atoms with Gasteiger partial charge in [-0.25, -0.2) is 0 Å². The van der Waals surface area contributed by atoms with Crippen LogP contribution in [0.25, 0.3) is 22.3 Å². The maximum atomic E-state index is 11.4. The Morgan fingerprint density at radius 2 is 1.76 bits per heavy atom. The van der Waals surface area contributed by atoms with Gasteiger partial charge >= 0.3 is 5.97 Å². The molecule has 0 bridgehead atoms. The Morgan fingerprint density at radius 1 is 1.05 bits per heavy atom. The van der Waals surface area contributed by atoms with E-state index in [2.05, 4.69) is 0 Å². The standard InChI is InChI=1S/C18H16O3/c1-20-17(19)12-11-15-14-9-5-6-10-16(14)21-18(15)13-7-3-2-4-8-13/h2-10H,11-12H2,1H3. The minimum absolute atomic E-state index is 0.209. The zero-order valence-corrected chi connectivity index (χ0v) is 11.8. The van der Waals surface area contributed by atoms with Crippen molar-refractivity contribution in [2.75, 3.05) is 7.11 Å². The summed E-state index contributed by atoms with van der Waals surface area (Å²) in [5.74, 6) is 0.625. The van der Waals surface area contributed by atoms with Crippen molar-refractivity contribution in [1.29, 1.82) is 0 Å². The Labute approximate surface area is 123 Å². The monoisotopic (exact) mass is 280 g/mol. The second-order valence-corrected chi connectivity index (χ2v) is 4.85. The number of ether oxygens (including phenoxy) is 1. The fourth-order valence-electron chi connectivity index (χ4n) is 2.50. The number of methoxy groups -OCH3 is 1. The lowest BCUT2D eigenvalue weighted by molar-refractivity contribution is -0.140. The average molecular weight is 280 g/mol. The van der Waals surface area contributed by atoms with Crippen molar-refractivity contribution in [1.82, 2.24) is 0 Å². The number of furan rings is 1. The van der Waals surface area contributed by atoms with Crippen LogP contribution in [0.2, 0.25) is 0 Å². The Balaban J connectivity index is 2.08. The van der Waals surface area contributed by atoms with Gasteiger partial charge < -0.3 is 9.15 Å². The van der Waals surface area contributed by atoms with Crippen LogP contribution in [-0.4, -0.2) is 13.1 Å². The molecule has 0 aliphatic carbocycles. The summed E-state index contributed by atoms with van der Waals surface area (Å²) < 4.78 is 10.7. The summed E-state index contributed by atoms with van der Waals surface area (Å²) >= 11 is 0. The quantitative estimate of drug-likeness (QED) is 0.672. The third-order valence-electron chi connectivity index (χ3n) is 3.54. The zero-order chi connectivity index (χ0) is 14.7. The first kappa shape index (κ1) is 13.4. The van der Waals surface area contributed by atoms with E-state index in [-0.39, 0.29) is 5.97 Å². The van der Waals surface area contributed by atoms with Crippen LogP contribution in [0.3, 0.4) is 0 Å². The third kappa shape index (κ3) is 2.68. The van der Waals surface area contributed by atoms with E-state index in [1.807, 2.05) is 54.6 Å². The smallest absolute Gasteiger partial charge is 0.305 e. The van der Waals surface area contributed by atoms with Crippen molar-refractivity contribution in [3.63, 3.8) is 0 Å². The molecule has 1 aromatic heterocycles. The highest BCUT2D eigenvalue weighted by atomic mass is 16.5. The largest absolute Gasteiger partial charge is 0.469 e. The number of hydrogen-bond acceptors (Lipinski definition) is 3. The van der Waals surface area contributed by atoms with Gasteiger partial charge in [-0.05, 0) is 12.5 Å². The maximum Gasteiger partial charge on any atom is 0.305 e. The molecule has 0 aliphatic heterocycles. The topological polar surface area (TPSA) is 39.4 Å². The van der Waals surface area contributed by atoms with Crippen LogP contribution in [-0.2, 0) is 16.0 Å². The van der Waals surface area contributed by atoms with Crippen LogP contribution in [0.15, 0.2) is 59.0 Å². The molecule has 0 saturated heterocycles. The van der Waals surface area contributed by atoms with Gasteiger partial charge in [0.15, 0.2) is 0 Å². The number of para-hydroxylation sites is 1. The van der Waals surface area contributed by atoms with Crippen LogP contribution in [0.4, 0.5) is 0 Å². The van der Waals surface area contributed by atoms with E-state index in [0.717, 1.165) is 27.9 Å². The SMILES string of the molecule is COC(=O)CCc1c(-c2ccccc2)oc2ccccc12. The van der Waals surface area contributed by atoms with Crippen molar-refractivity contribution >= 4 is 16.9 Å². The van der Waals surface area contributed by atoms with E-state index in [9.17, 15) is 4.79 Å². The summed E-state index contributed by atoms with van der Waals surface area (Å²) in [5.41, 5.74) is 2.92. The second-order valence-electron chi connectivity index (χ2n) is 4.85. The number of hydrogen-bond donors (Lipinski definition) is 0. The van der Waals surface area contributed by atoms with E-state index >= 15 is 0 Å². The van der Waals surface area contributed by atoms with E-state index in [1.54, 1.807) is 0 Å². The lowest BCUT2D eigenvalue weighted by Crippen LogP contribution is -2.02. The minimum Gasteiger partial charge on any atom is -0.469 e. The molecule has 0 spiro atoms. The predicted octanol–water partition coefficient (Wildman–Crippen LogP) is 4.21. The fraction of sp³-hybridized carbons (Fsp3) is 0.167. The van der Waals surface area contributed by atoms with Crippen LogP contribution in [0.5, 0.6) is 0 Å². The van der Waals surface area contributed by atoms with Gasteiger partial charge in [-0.1, -0.05) is 48.5 Å².